The Labute approximate surface area is 124 Å². The van der Waals surface area contributed by atoms with Crippen molar-refractivity contribution in [2.75, 3.05) is 18.2 Å². The molecule has 110 valence electrons. The highest BCUT2D eigenvalue weighted by Gasteiger charge is 2.24. The number of methoxy groups -OCH3 is 1. The summed E-state index contributed by atoms with van der Waals surface area (Å²) < 4.78 is 4.73. The Balaban J connectivity index is 1.97. The fourth-order valence-electron chi connectivity index (χ4n) is 2.63. The molecular formula is C15H22N2O2S. The van der Waals surface area contributed by atoms with E-state index in [0.29, 0.717) is 17.3 Å². The Morgan fingerprint density at radius 3 is 2.95 bits per heavy atom. The first-order valence-corrected chi connectivity index (χ1v) is 8.13. The van der Waals surface area contributed by atoms with Gasteiger partial charge in [0.2, 0.25) is 0 Å². The Bertz CT molecular complexity index is 479. The Hall–Kier alpha value is -1.23. The average Bonchev–Trinajstić information content (AvgIpc) is 2.86. The van der Waals surface area contributed by atoms with Gasteiger partial charge in [0.25, 0.3) is 0 Å². The fourth-order valence-corrected chi connectivity index (χ4v) is 3.78. The quantitative estimate of drug-likeness (QED) is 0.845. The van der Waals surface area contributed by atoms with Gasteiger partial charge in [0.05, 0.1) is 18.4 Å². The lowest BCUT2D eigenvalue weighted by Gasteiger charge is -2.14. The van der Waals surface area contributed by atoms with Gasteiger partial charge in [-0.2, -0.15) is 11.8 Å². The molecule has 0 radical (unpaired) electrons. The highest BCUT2D eigenvalue weighted by molar-refractivity contribution is 7.99. The van der Waals surface area contributed by atoms with Crippen LogP contribution in [0.5, 0.6) is 0 Å². The van der Waals surface area contributed by atoms with Gasteiger partial charge in [-0.25, -0.2) is 9.78 Å². The minimum atomic E-state index is -0.332. The molecule has 0 aromatic carbocycles. The third kappa shape index (κ3) is 3.66. The number of esters is 1. The monoisotopic (exact) mass is 294 g/mol. The molecular weight excluding hydrogens is 272 g/mol. The molecule has 0 amide bonds. The molecule has 0 aliphatic heterocycles. The first-order chi connectivity index (χ1) is 9.63. The zero-order chi connectivity index (χ0) is 14.5. The molecule has 0 bridgehead atoms. The second kappa shape index (κ2) is 6.97. The van der Waals surface area contributed by atoms with Gasteiger partial charge in [-0.3, -0.25) is 0 Å². The maximum Gasteiger partial charge on any atom is 0.339 e. The number of thioether (sulfide) groups is 1. The molecule has 1 aromatic heterocycles. The minimum absolute atomic E-state index is 0.332. The van der Waals surface area contributed by atoms with Crippen LogP contribution < -0.4 is 5.32 Å². The van der Waals surface area contributed by atoms with Crippen LogP contribution in [0.3, 0.4) is 0 Å². The average molecular weight is 294 g/mol. The van der Waals surface area contributed by atoms with Crippen molar-refractivity contribution < 1.29 is 9.53 Å². The molecule has 1 aromatic rings. The number of hydrogen-bond acceptors (Lipinski definition) is 5. The number of carbonyl (C=O) groups excluding carboxylic acids is 1. The summed E-state index contributed by atoms with van der Waals surface area (Å²) in [6.07, 6.45) is 3.66. The molecule has 2 rings (SSSR count). The smallest absolute Gasteiger partial charge is 0.339 e. The molecule has 0 spiro atoms. The number of rotatable bonds is 5. The van der Waals surface area contributed by atoms with Crippen LogP contribution in [0.1, 0.15) is 42.2 Å². The van der Waals surface area contributed by atoms with Gasteiger partial charge in [-0.1, -0.05) is 6.92 Å². The van der Waals surface area contributed by atoms with Crippen LogP contribution in [0.2, 0.25) is 0 Å². The van der Waals surface area contributed by atoms with Gasteiger partial charge in [0.1, 0.15) is 5.82 Å². The molecule has 1 aliphatic carbocycles. The number of hydrogen-bond donors (Lipinski definition) is 1. The number of anilines is 1. The number of ether oxygens (including phenoxy) is 1. The maximum atomic E-state index is 11.5. The summed E-state index contributed by atoms with van der Waals surface area (Å²) in [5.41, 5.74) is 1.24. The molecule has 5 heteroatoms. The van der Waals surface area contributed by atoms with Crippen molar-refractivity contribution in [3.8, 4) is 0 Å². The molecule has 0 saturated heterocycles. The van der Waals surface area contributed by atoms with Crippen molar-refractivity contribution in [3.05, 3.63) is 23.4 Å². The van der Waals surface area contributed by atoms with Gasteiger partial charge in [-0.05, 0) is 44.1 Å². The number of aromatic nitrogens is 1. The zero-order valence-electron chi connectivity index (χ0n) is 12.3. The van der Waals surface area contributed by atoms with Gasteiger partial charge < -0.3 is 10.1 Å². The Morgan fingerprint density at radius 2 is 2.30 bits per heavy atom. The van der Waals surface area contributed by atoms with E-state index in [9.17, 15) is 4.79 Å². The summed E-state index contributed by atoms with van der Waals surface area (Å²) in [4.78, 5) is 16.0. The minimum Gasteiger partial charge on any atom is -0.465 e. The standard InChI is InChI=1S/C15H22N2O2S/c1-4-20-12-6-5-11(9-12)17-14-8-7-13(10(2)16-14)15(18)19-3/h7-8,11-12H,4-6,9H2,1-3H3,(H,16,17). The molecule has 1 saturated carbocycles. The van der Waals surface area contributed by atoms with Crippen LogP contribution >= 0.6 is 11.8 Å². The van der Waals surface area contributed by atoms with Crippen LogP contribution in [0, 0.1) is 6.92 Å². The number of nitrogens with one attached hydrogen (secondary N) is 1. The normalized spacial score (nSPS) is 21.8. The van der Waals surface area contributed by atoms with Crippen LogP contribution in [0.15, 0.2) is 12.1 Å². The highest BCUT2D eigenvalue weighted by atomic mass is 32.2. The van der Waals surface area contributed by atoms with E-state index < -0.39 is 0 Å². The molecule has 1 fully saturated rings. The summed E-state index contributed by atoms with van der Waals surface area (Å²) in [6, 6.07) is 4.14. The van der Waals surface area contributed by atoms with E-state index in [1.54, 1.807) is 6.07 Å². The third-order valence-electron chi connectivity index (χ3n) is 3.63. The van der Waals surface area contributed by atoms with E-state index in [0.717, 1.165) is 11.1 Å². The van der Waals surface area contributed by atoms with Crippen molar-refractivity contribution in [3.63, 3.8) is 0 Å². The molecule has 4 nitrogen and oxygen atoms in total. The van der Waals surface area contributed by atoms with Crippen LogP contribution in [-0.2, 0) is 4.74 Å². The van der Waals surface area contributed by atoms with Gasteiger partial charge in [0.15, 0.2) is 0 Å². The van der Waals surface area contributed by atoms with E-state index in [4.69, 9.17) is 4.74 Å². The molecule has 2 unspecified atom stereocenters. The van der Waals surface area contributed by atoms with Gasteiger partial charge in [0, 0.05) is 11.3 Å². The SMILES string of the molecule is CCSC1CCC(Nc2ccc(C(=O)OC)c(C)n2)C1. The molecule has 1 N–H and O–H groups in total. The highest BCUT2D eigenvalue weighted by Crippen LogP contribution is 2.31. The number of nitrogens with zero attached hydrogens (tertiary/aromatic N) is 1. The predicted molar refractivity (Wildman–Crippen MR) is 83.5 cm³/mol. The number of aryl methyl sites for hydroxylation is 1. The van der Waals surface area contributed by atoms with Crippen LogP contribution in [0.4, 0.5) is 5.82 Å². The first kappa shape index (κ1) is 15.2. The van der Waals surface area contributed by atoms with Gasteiger partial charge >= 0.3 is 5.97 Å². The van der Waals surface area contributed by atoms with Crippen LogP contribution in [0.25, 0.3) is 0 Å². The fraction of sp³-hybridized carbons (Fsp3) is 0.600. The summed E-state index contributed by atoms with van der Waals surface area (Å²) in [5, 5.41) is 4.25. The summed E-state index contributed by atoms with van der Waals surface area (Å²) in [5.74, 6) is 1.70. The Kier molecular flexibility index (Phi) is 5.29. The van der Waals surface area contributed by atoms with E-state index in [2.05, 4.69) is 17.2 Å². The molecule has 2 atom stereocenters. The number of pyridine rings is 1. The number of carbonyl (C=O) groups is 1. The summed E-state index contributed by atoms with van der Waals surface area (Å²) in [6.45, 7) is 4.05. The molecule has 20 heavy (non-hydrogen) atoms. The topological polar surface area (TPSA) is 51.2 Å². The summed E-state index contributed by atoms with van der Waals surface area (Å²) >= 11 is 2.04. The zero-order valence-corrected chi connectivity index (χ0v) is 13.1. The van der Waals surface area contributed by atoms with Crippen molar-refractivity contribution in [2.24, 2.45) is 0 Å². The van der Waals surface area contributed by atoms with Crippen molar-refractivity contribution in [2.45, 2.75) is 44.4 Å². The Morgan fingerprint density at radius 1 is 1.50 bits per heavy atom. The lowest BCUT2D eigenvalue weighted by Crippen LogP contribution is -2.17. The molecule has 1 heterocycles. The first-order valence-electron chi connectivity index (χ1n) is 7.08. The lowest BCUT2D eigenvalue weighted by atomic mass is 10.2. The lowest BCUT2D eigenvalue weighted by molar-refractivity contribution is 0.0599. The molecule has 1 aliphatic rings. The van der Waals surface area contributed by atoms with E-state index in [1.165, 1.54) is 32.1 Å². The van der Waals surface area contributed by atoms with Crippen LogP contribution in [-0.4, -0.2) is 35.1 Å². The maximum absolute atomic E-state index is 11.5. The van der Waals surface area contributed by atoms with E-state index in [1.807, 2.05) is 24.8 Å². The largest absolute Gasteiger partial charge is 0.465 e. The van der Waals surface area contributed by atoms with E-state index in [-0.39, 0.29) is 5.97 Å². The van der Waals surface area contributed by atoms with Crippen molar-refractivity contribution in [1.82, 2.24) is 4.98 Å². The van der Waals surface area contributed by atoms with Crippen molar-refractivity contribution in [1.29, 1.82) is 0 Å². The predicted octanol–water partition coefficient (Wildman–Crippen LogP) is 3.26. The second-order valence-corrected chi connectivity index (χ2v) is 6.63. The van der Waals surface area contributed by atoms with Crippen molar-refractivity contribution >= 4 is 23.5 Å². The second-order valence-electron chi connectivity index (χ2n) is 5.05. The summed E-state index contributed by atoms with van der Waals surface area (Å²) in [7, 11) is 1.39. The van der Waals surface area contributed by atoms with E-state index >= 15 is 0 Å². The van der Waals surface area contributed by atoms with Gasteiger partial charge in [-0.15, -0.1) is 0 Å². The third-order valence-corrected chi connectivity index (χ3v) is 4.86.